The second-order valence-electron chi connectivity index (χ2n) is 9.27. The Morgan fingerprint density at radius 2 is 1.81 bits per heavy atom. The summed E-state index contributed by atoms with van der Waals surface area (Å²) in [7, 11) is 0. The number of nitrogen functional groups attached to an aromatic ring is 1. The molecular formula is C29H29N5O2. The maximum atomic E-state index is 12.7. The first-order valence-electron chi connectivity index (χ1n) is 12.3. The lowest BCUT2D eigenvalue weighted by atomic mass is 9.86. The molecule has 1 atom stereocenters. The number of hydrogen-bond donors (Lipinski definition) is 3. The number of carbonyl (C=O) groups excluding carboxylic acids is 1. The summed E-state index contributed by atoms with van der Waals surface area (Å²) in [6, 6.07) is 21.1. The summed E-state index contributed by atoms with van der Waals surface area (Å²) in [6.45, 7) is 2.31. The van der Waals surface area contributed by atoms with Crippen molar-refractivity contribution in [3.63, 3.8) is 0 Å². The van der Waals surface area contributed by atoms with Gasteiger partial charge in [-0.1, -0.05) is 18.2 Å². The van der Waals surface area contributed by atoms with Crippen molar-refractivity contribution in [1.29, 1.82) is 10.7 Å². The van der Waals surface area contributed by atoms with Gasteiger partial charge >= 0.3 is 0 Å². The third-order valence-electron chi connectivity index (χ3n) is 6.97. The van der Waals surface area contributed by atoms with Crippen LogP contribution in [0.1, 0.15) is 57.1 Å². The van der Waals surface area contributed by atoms with E-state index in [1.165, 1.54) is 11.1 Å². The van der Waals surface area contributed by atoms with Gasteiger partial charge in [-0.15, -0.1) is 0 Å². The number of amides is 1. The number of benzene rings is 3. The maximum Gasteiger partial charge on any atom is 0.254 e. The third-order valence-corrected chi connectivity index (χ3v) is 6.97. The van der Waals surface area contributed by atoms with Crippen LogP contribution in [-0.2, 0) is 11.2 Å². The largest absolute Gasteiger partial charge is 0.398 e. The molecule has 7 heteroatoms. The molecule has 1 aliphatic carbocycles. The second-order valence-corrected chi connectivity index (χ2v) is 9.27. The smallest absolute Gasteiger partial charge is 0.254 e. The van der Waals surface area contributed by atoms with Crippen LogP contribution in [0.4, 0.5) is 11.4 Å². The van der Waals surface area contributed by atoms with Crippen LogP contribution in [0.15, 0.2) is 60.7 Å². The zero-order chi connectivity index (χ0) is 25.1. The van der Waals surface area contributed by atoms with E-state index in [-0.39, 0.29) is 11.9 Å². The summed E-state index contributed by atoms with van der Waals surface area (Å²) < 4.78 is 5.33. The predicted molar refractivity (Wildman–Crippen MR) is 140 cm³/mol. The lowest BCUT2D eigenvalue weighted by molar-refractivity contribution is 0.0303. The van der Waals surface area contributed by atoms with Crippen molar-refractivity contribution < 1.29 is 9.53 Å². The van der Waals surface area contributed by atoms with Gasteiger partial charge in [0.05, 0.1) is 36.6 Å². The number of hydrogen-bond acceptors (Lipinski definition) is 6. The number of morpholine rings is 1. The van der Waals surface area contributed by atoms with Crippen molar-refractivity contribution in [1.82, 2.24) is 4.90 Å². The Kier molecular flexibility index (Phi) is 6.70. The summed E-state index contributed by atoms with van der Waals surface area (Å²) in [5.41, 5.74) is 13.1. The Morgan fingerprint density at radius 3 is 2.56 bits per heavy atom. The van der Waals surface area contributed by atoms with E-state index in [0.717, 1.165) is 24.9 Å². The van der Waals surface area contributed by atoms with Crippen LogP contribution in [-0.4, -0.2) is 42.8 Å². The minimum Gasteiger partial charge on any atom is -0.398 e. The molecule has 0 saturated carbocycles. The number of nitrogens with one attached hydrogen (secondary N) is 2. The van der Waals surface area contributed by atoms with Gasteiger partial charge in [-0.3, -0.25) is 10.2 Å². The van der Waals surface area contributed by atoms with Crippen molar-refractivity contribution in [2.45, 2.75) is 25.3 Å². The Hall–Kier alpha value is -4.15. The molecule has 1 amide bonds. The molecule has 36 heavy (non-hydrogen) atoms. The number of nitrogens with zero attached hydrogens (tertiary/aromatic N) is 2. The van der Waals surface area contributed by atoms with Crippen LogP contribution in [0.5, 0.6) is 0 Å². The molecule has 2 aliphatic rings. The van der Waals surface area contributed by atoms with E-state index >= 15 is 0 Å². The van der Waals surface area contributed by atoms with Gasteiger partial charge in [-0.2, -0.15) is 5.26 Å². The minimum atomic E-state index is -0.0169. The predicted octanol–water partition coefficient (Wildman–Crippen LogP) is 4.52. The molecule has 0 spiro atoms. The molecule has 4 N–H and O–H groups in total. The molecule has 182 valence electrons. The van der Waals surface area contributed by atoms with E-state index in [1.54, 1.807) is 29.2 Å². The number of carbonyl (C=O) groups is 1. The minimum absolute atomic E-state index is 0.0169. The molecule has 1 aliphatic heterocycles. The number of nitriles is 1. The van der Waals surface area contributed by atoms with Crippen LogP contribution in [0.3, 0.4) is 0 Å². The topological polar surface area (TPSA) is 115 Å². The van der Waals surface area contributed by atoms with E-state index in [1.807, 2.05) is 36.4 Å². The summed E-state index contributed by atoms with van der Waals surface area (Å²) in [5, 5.41) is 21.7. The van der Waals surface area contributed by atoms with E-state index in [4.69, 9.17) is 15.9 Å². The Balaban J connectivity index is 1.34. The highest BCUT2D eigenvalue weighted by molar-refractivity contribution is 6.14. The number of fused-ring (bicyclic) bond motifs is 1. The molecule has 3 aromatic carbocycles. The number of nitrogens with two attached hydrogens (primary N) is 1. The molecule has 1 heterocycles. The number of anilines is 2. The van der Waals surface area contributed by atoms with E-state index in [0.29, 0.717) is 60.0 Å². The fourth-order valence-corrected chi connectivity index (χ4v) is 4.98. The molecule has 0 bridgehead atoms. The Morgan fingerprint density at radius 1 is 1.06 bits per heavy atom. The monoisotopic (exact) mass is 479 g/mol. The van der Waals surface area contributed by atoms with Gasteiger partial charge in [0.2, 0.25) is 0 Å². The highest BCUT2D eigenvalue weighted by Crippen LogP contribution is 2.34. The molecule has 1 unspecified atom stereocenters. The summed E-state index contributed by atoms with van der Waals surface area (Å²) in [5.74, 6) is -0.0169. The average molecular weight is 480 g/mol. The first kappa shape index (κ1) is 23.6. The summed E-state index contributed by atoms with van der Waals surface area (Å²) in [6.07, 6.45) is 3.02. The molecule has 5 rings (SSSR count). The lowest BCUT2D eigenvalue weighted by Gasteiger charge is -2.28. The van der Waals surface area contributed by atoms with Crippen molar-refractivity contribution in [3.8, 4) is 6.07 Å². The van der Waals surface area contributed by atoms with Crippen LogP contribution >= 0.6 is 0 Å². The fraction of sp³-hybridized carbons (Fsp3) is 0.276. The third kappa shape index (κ3) is 4.81. The SMILES string of the molecule is N#Cc1ccc2c(c1)CCCC2Nc1ccc(N)c(C(=N)c2ccc(C(=O)N3CCOCC3)cc2)c1. The van der Waals surface area contributed by atoms with Gasteiger partial charge in [-0.25, -0.2) is 0 Å². The quantitative estimate of drug-likeness (QED) is 0.368. The van der Waals surface area contributed by atoms with Crippen molar-refractivity contribution in [2.24, 2.45) is 0 Å². The number of ether oxygens (including phenoxy) is 1. The normalized spacial score (nSPS) is 17.1. The molecule has 0 aromatic heterocycles. The van der Waals surface area contributed by atoms with E-state index in [2.05, 4.69) is 11.4 Å². The molecule has 0 radical (unpaired) electrons. The summed E-state index contributed by atoms with van der Waals surface area (Å²) in [4.78, 5) is 14.5. The van der Waals surface area contributed by atoms with Crippen molar-refractivity contribution in [2.75, 3.05) is 37.4 Å². The zero-order valence-electron chi connectivity index (χ0n) is 20.1. The van der Waals surface area contributed by atoms with Gasteiger partial charge in [0.25, 0.3) is 5.91 Å². The Bertz CT molecular complexity index is 1340. The first-order valence-corrected chi connectivity index (χ1v) is 12.3. The van der Waals surface area contributed by atoms with Gasteiger partial charge in [0.15, 0.2) is 0 Å². The number of aryl methyl sites for hydroxylation is 1. The molecular weight excluding hydrogens is 450 g/mol. The van der Waals surface area contributed by atoms with E-state index in [9.17, 15) is 10.1 Å². The average Bonchev–Trinajstić information content (AvgIpc) is 2.93. The van der Waals surface area contributed by atoms with Gasteiger partial charge < -0.3 is 20.7 Å². The Labute approximate surface area is 211 Å². The van der Waals surface area contributed by atoms with Crippen molar-refractivity contribution >= 4 is 23.0 Å². The number of rotatable bonds is 5. The molecule has 1 saturated heterocycles. The first-order chi connectivity index (χ1) is 17.5. The van der Waals surface area contributed by atoms with Crippen LogP contribution in [0.25, 0.3) is 0 Å². The van der Waals surface area contributed by atoms with Crippen LogP contribution in [0.2, 0.25) is 0 Å². The molecule has 1 fully saturated rings. The van der Waals surface area contributed by atoms with Gasteiger partial charge in [-0.05, 0) is 72.9 Å². The highest BCUT2D eigenvalue weighted by Gasteiger charge is 2.22. The van der Waals surface area contributed by atoms with E-state index < -0.39 is 0 Å². The maximum absolute atomic E-state index is 12.7. The standard InChI is InChI=1S/C29H29N5O2/c30-18-19-4-10-24-22(16-19)2-1-3-27(24)33-23-9-11-26(31)25(17-23)28(32)20-5-7-21(8-6-20)29(35)34-12-14-36-15-13-34/h4-11,16-17,27,32-33H,1-3,12-15,31H2. The zero-order valence-corrected chi connectivity index (χ0v) is 20.1. The lowest BCUT2D eigenvalue weighted by Crippen LogP contribution is -2.40. The highest BCUT2D eigenvalue weighted by atomic mass is 16.5. The van der Waals surface area contributed by atoms with Gasteiger partial charge in [0.1, 0.15) is 0 Å². The molecule has 7 nitrogen and oxygen atoms in total. The summed E-state index contributed by atoms with van der Waals surface area (Å²) >= 11 is 0. The fourth-order valence-electron chi connectivity index (χ4n) is 4.98. The van der Waals surface area contributed by atoms with Crippen LogP contribution < -0.4 is 11.1 Å². The second kappa shape index (κ2) is 10.2. The van der Waals surface area contributed by atoms with Crippen molar-refractivity contribution in [3.05, 3.63) is 94.0 Å². The van der Waals surface area contributed by atoms with Gasteiger partial charge in [0, 0.05) is 41.2 Å². The van der Waals surface area contributed by atoms with Crippen LogP contribution in [0, 0.1) is 16.7 Å². The molecule has 3 aromatic rings.